The number of benzene rings is 2. The number of aliphatic imine (C=N–C) groups is 1. The molecule has 0 saturated heterocycles. The maximum Gasteiger partial charge on any atom is 0.217 e. The number of halogens is 1. The van der Waals surface area contributed by atoms with Crippen LogP contribution in [-0.2, 0) is 4.74 Å². The monoisotopic (exact) mass is 321 g/mol. The van der Waals surface area contributed by atoms with E-state index < -0.39 is 18.8 Å². The van der Waals surface area contributed by atoms with E-state index in [-0.39, 0.29) is 0 Å². The Bertz CT molecular complexity index is 829. The van der Waals surface area contributed by atoms with Gasteiger partial charge in [0.15, 0.2) is 6.10 Å². The Morgan fingerprint density at radius 1 is 1.04 bits per heavy atom. The van der Waals surface area contributed by atoms with Gasteiger partial charge in [-0.1, -0.05) is 30.3 Å². The fourth-order valence-corrected chi connectivity index (χ4v) is 2.82. The summed E-state index contributed by atoms with van der Waals surface area (Å²) in [7, 11) is 0. The van der Waals surface area contributed by atoms with Crippen molar-refractivity contribution >= 4 is 5.90 Å². The molecule has 0 bridgehead atoms. The second kappa shape index (κ2) is 6.28. The number of hydrogen-bond donors (Lipinski definition) is 0. The number of imidazole rings is 1. The highest BCUT2D eigenvalue weighted by Crippen LogP contribution is 2.31. The van der Waals surface area contributed by atoms with Gasteiger partial charge in [-0.15, -0.1) is 0 Å². The smallest absolute Gasteiger partial charge is 0.217 e. The minimum absolute atomic E-state index is 0.401. The van der Waals surface area contributed by atoms with E-state index in [9.17, 15) is 4.39 Å². The zero-order valence-corrected chi connectivity index (χ0v) is 12.9. The lowest BCUT2D eigenvalue weighted by molar-refractivity contribution is 0.181. The maximum absolute atomic E-state index is 13.4. The summed E-state index contributed by atoms with van der Waals surface area (Å²) in [6, 6.07) is 16.9. The van der Waals surface area contributed by atoms with Crippen molar-refractivity contribution in [1.82, 2.24) is 9.55 Å². The van der Waals surface area contributed by atoms with Crippen molar-refractivity contribution < 1.29 is 9.13 Å². The van der Waals surface area contributed by atoms with E-state index in [1.54, 1.807) is 12.5 Å². The molecule has 5 heteroatoms. The molecule has 0 fully saturated rings. The number of hydrogen-bond acceptors (Lipinski definition) is 3. The van der Waals surface area contributed by atoms with Gasteiger partial charge in [-0.2, -0.15) is 0 Å². The fourth-order valence-electron chi connectivity index (χ4n) is 2.82. The first-order valence-corrected chi connectivity index (χ1v) is 7.79. The highest BCUT2D eigenvalue weighted by atomic mass is 19.1. The lowest BCUT2D eigenvalue weighted by atomic mass is 10.0. The summed E-state index contributed by atoms with van der Waals surface area (Å²) in [5.74, 6) is 0.502. The van der Waals surface area contributed by atoms with Crippen LogP contribution in [0.15, 0.2) is 78.3 Å². The predicted octanol–water partition coefficient (Wildman–Crippen LogP) is 3.73. The van der Waals surface area contributed by atoms with Crippen LogP contribution in [0.25, 0.3) is 5.69 Å². The summed E-state index contributed by atoms with van der Waals surface area (Å²) >= 11 is 0. The van der Waals surface area contributed by atoms with Crippen LogP contribution in [0, 0.1) is 0 Å². The molecular weight excluding hydrogens is 305 g/mol. The molecule has 1 aromatic heterocycles. The fraction of sp³-hybridized carbons (Fsp3) is 0.158. The van der Waals surface area contributed by atoms with Gasteiger partial charge in [-0.25, -0.2) is 14.4 Å². The first kappa shape index (κ1) is 14.6. The van der Waals surface area contributed by atoms with Crippen molar-refractivity contribution in [1.29, 1.82) is 0 Å². The molecular formula is C19H16FN3O. The Hall–Kier alpha value is -2.95. The minimum Gasteiger partial charge on any atom is -0.467 e. The predicted molar refractivity (Wildman–Crippen MR) is 90.1 cm³/mol. The summed E-state index contributed by atoms with van der Waals surface area (Å²) < 4.78 is 21.3. The molecule has 1 aliphatic rings. The first-order chi connectivity index (χ1) is 11.8. The third-order valence-corrected chi connectivity index (χ3v) is 4.07. The normalized spacial score (nSPS) is 19.8. The van der Waals surface area contributed by atoms with Crippen LogP contribution in [-0.4, -0.2) is 28.2 Å². The van der Waals surface area contributed by atoms with Crippen LogP contribution in [0.4, 0.5) is 4.39 Å². The van der Waals surface area contributed by atoms with Gasteiger partial charge in [0.1, 0.15) is 12.7 Å². The zero-order chi connectivity index (χ0) is 16.4. The highest BCUT2D eigenvalue weighted by Gasteiger charge is 2.32. The van der Waals surface area contributed by atoms with Crippen LogP contribution in [0.1, 0.15) is 17.2 Å². The van der Waals surface area contributed by atoms with Crippen molar-refractivity contribution in [2.45, 2.75) is 12.1 Å². The van der Waals surface area contributed by atoms with Crippen LogP contribution >= 0.6 is 0 Å². The van der Waals surface area contributed by atoms with Crippen LogP contribution in [0.3, 0.4) is 0 Å². The van der Waals surface area contributed by atoms with Gasteiger partial charge in [0.05, 0.1) is 6.33 Å². The molecule has 120 valence electrons. The summed E-state index contributed by atoms with van der Waals surface area (Å²) in [5, 5.41) is 0. The Labute approximate surface area is 139 Å². The minimum atomic E-state index is -0.551. The molecule has 0 radical (unpaired) electrons. The molecule has 4 rings (SSSR count). The Kier molecular flexibility index (Phi) is 3.83. The summed E-state index contributed by atoms with van der Waals surface area (Å²) in [6.45, 7) is -0.551. The second-order valence-electron chi connectivity index (χ2n) is 5.62. The molecule has 0 saturated carbocycles. The summed E-state index contributed by atoms with van der Waals surface area (Å²) in [6.07, 6.45) is 4.94. The van der Waals surface area contributed by atoms with E-state index in [1.807, 2.05) is 65.4 Å². The van der Waals surface area contributed by atoms with E-state index in [2.05, 4.69) is 9.98 Å². The van der Waals surface area contributed by atoms with E-state index in [0.717, 1.165) is 16.8 Å². The Morgan fingerprint density at radius 2 is 1.83 bits per heavy atom. The van der Waals surface area contributed by atoms with Gasteiger partial charge in [-0.3, -0.25) is 0 Å². The molecule has 1 aliphatic heterocycles. The van der Waals surface area contributed by atoms with Crippen LogP contribution in [0.2, 0.25) is 0 Å². The summed E-state index contributed by atoms with van der Waals surface area (Å²) in [5.41, 5.74) is 2.78. The number of aromatic nitrogens is 2. The van der Waals surface area contributed by atoms with Crippen molar-refractivity contribution in [3.05, 3.63) is 84.4 Å². The molecule has 2 atom stereocenters. The first-order valence-electron chi connectivity index (χ1n) is 7.79. The van der Waals surface area contributed by atoms with E-state index in [0.29, 0.717) is 5.90 Å². The standard InChI is InChI=1S/C19H16FN3O/c20-12-17-18(24-19(22-17)15-4-2-1-3-5-15)14-6-8-16(9-7-14)23-11-10-21-13-23/h1-11,13,17-18H,12H2. The van der Waals surface area contributed by atoms with Gasteiger partial charge < -0.3 is 9.30 Å². The molecule has 3 aromatic rings. The lowest BCUT2D eigenvalue weighted by Crippen LogP contribution is -2.16. The number of ether oxygens (including phenoxy) is 1. The van der Waals surface area contributed by atoms with Gasteiger partial charge in [-0.05, 0) is 29.8 Å². The van der Waals surface area contributed by atoms with Crippen molar-refractivity contribution in [3.8, 4) is 5.69 Å². The molecule has 0 amide bonds. The second-order valence-corrected chi connectivity index (χ2v) is 5.62. The van der Waals surface area contributed by atoms with Gasteiger partial charge in [0, 0.05) is 23.6 Å². The zero-order valence-electron chi connectivity index (χ0n) is 12.9. The molecule has 0 aliphatic carbocycles. The third kappa shape index (κ3) is 2.69. The number of alkyl halides is 1. The number of rotatable bonds is 4. The third-order valence-electron chi connectivity index (χ3n) is 4.07. The lowest BCUT2D eigenvalue weighted by Gasteiger charge is -2.16. The SMILES string of the molecule is FCC1N=C(c2ccccc2)OC1c1ccc(-n2ccnc2)cc1. The molecule has 2 aromatic carbocycles. The summed E-state index contributed by atoms with van der Waals surface area (Å²) in [4.78, 5) is 8.45. The molecule has 4 nitrogen and oxygen atoms in total. The van der Waals surface area contributed by atoms with Gasteiger partial charge in [0.25, 0.3) is 0 Å². The van der Waals surface area contributed by atoms with Crippen molar-refractivity contribution in [2.75, 3.05) is 6.67 Å². The number of nitrogens with zero attached hydrogens (tertiary/aromatic N) is 3. The van der Waals surface area contributed by atoms with Crippen molar-refractivity contribution in [3.63, 3.8) is 0 Å². The molecule has 2 unspecified atom stereocenters. The van der Waals surface area contributed by atoms with E-state index in [1.165, 1.54) is 0 Å². The van der Waals surface area contributed by atoms with Gasteiger partial charge in [0.2, 0.25) is 5.90 Å². The van der Waals surface area contributed by atoms with E-state index >= 15 is 0 Å². The average molecular weight is 321 g/mol. The quantitative estimate of drug-likeness (QED) is 0.734. The van der Waals surface area contributed by atoms with Crippen LogP contribution < -0.4 is 0 Å². The van der Waals surface area contributed by atoms with Crippen molar-refractivity contribution in [2.24, 2.45) is 4.99 Å². The Morgan fingerprint density at radius 3 is 2.50 bits per heavy atom. The Balaban J connectivity index is 1.58. The average Bonchev–Trinajstić information content (AvgIpc) is 3.32. The largest absolute Gasteiger partial charge is 0.467 e. The molecule has 0 N–H and O–H groups in total. The molecule has 24 heavy (non-hydrogen) atoms. The molecule has 2 heterocycles. The van der Waals surface area contributed by atoms with Crippen LogP contribution in [0.5, 0.6) is 0 Å². The van der Waals surface area contributed by atoms with Gasteiger partial charge >= 0.3 is 0 Å². The highest BCUT2D eigenvalue weighted by molar-refractivity contribution is 5.95. The van der Waals surface area contributed by atoms with E-state index in [4.69, 9.17) is 4.74 Å². The maximum atomic E-state index is 13.4. The topological polar surface area (TPSA) is 39.4 Å². The molecule has 0 spiro atoms.